The van der Waals surface area contributed by atoms with Crippen LogP contribution in [-0.2, 0) is 4.79 Å². The summed E-state index contributed by atoms with van der Waals surface area (Å²) in [6.45, 7) is 3.48. The van der Waals surface area contributed by atoms with Crippen LogP contribution in [0.25, 0.3) is 0 Å². The van der Waals surface area contributed by atoms with Gasteiger partial charge in [0.25, 0.3) is 0 Å². The largest absolute Gasteiger partial charge is 0.480 e. The van der Waals surface area contributed by atoms with Gasteiger partial charge in [-0.05, 0) is 12.8 Å². The summed E-state index contributed by atoms with van der Waals surface area (Å²) in [5.74, 6) is -0.888. The second kappa shape index (κ2) is 4.69. The minimum atomic E-state index is -0.888. The number of piperazine rings is 1. The van der Waals surface area contributed by atoms with Crippen LogP contribution in [0.1, 0.15) is 12.8 Å². The highest BCUT2D eigenvalue weighted by atomic mass is 16.4. The van der Waals surface area contributed by atoms with Crippen molar-refractivity contribution in [1.29, 1.82) is 0 Å². The van der Waals surface area contributed by atoms with Gasteiger partial charge in [-0.25, -0.2) is 9.59 Å². The van der Waals surface area contributed by atoms with Crippen LogP contribution in [0.3, 0.4) is 0 Å². The number of carboxylic acids is 1. The van der Waals surface area contributed by atoms with Gasteiger partial charge >= 0.3 is 12.0 Å². The fraction of sp³-hybridized carbons (Fsp3) is 0.800. The van der Waals surface area contributed by atoms with Gasteiger partial charge in [0.2, 0.25) is 0 Å². The Morgan fingerprint density at radius 2 is 1.88 bits per heavy atom. The molecule has 16 heavy (non-hydrogen) atoms. The van der Waals surface area contributed by atoms with E-state index >= 15 is 0 Å². The molecule has 1 atom stereocenters. The molecule has 0 aromatic carbocycles. The summed E-state index contributed by atoms with van der Waals surface area (Å²) >= 11 is 0. The Morgan fingerprint density at radius 1 is 1.19 bits per heavy atom. The number of carbonyl (C=O) groups is 2. The van der Waals surface area contributed by atoms with Gasteiger partial charge < -0.3 is 20.2 Å². The Morgan fingerprint density at radius 3 is 2.50 bits per heavy atom. The van der Waals surface area contributed by atoms with Gasteiger partial charge in [-0.15, -0.1) is 0 Å². The summed E-state index contributed by atoms with van der Waals surface area (Å²) in [6.07, 6.45) is 1.36. The molecule has 2 fully saturated rings. The van der Waals surface area contributed by atoms with Crippen molar-refractivity contribution >= 4 is 12.0 Å². The van der Waals surface area contributed by atoms with Crippen molar-refractivity contribution in [2.45, 2.75) is 18.9 Å². The lowest BCUT2D eigenvalue weighted by Gasteiger charge is -2.33. The zero-order valence-corrected chi connectivity index (χ0v) is 9.19. The normalized spacial score (nSPS) is 25.9. The molecule has 0 aromatic rings. The molecular formula is C10H17N3O3. The van der Waals surface area contributed by atoms with Crippen LogP contribution in [0.5, 0.6) is 0 Å². The molecule has 6 nitrogen and oxygen atoms in total. The highest BCUT2D eigenvalue weighted by molar-refractivity contribution is 5.83. The number of hydrogen-bond acceptors (Lipinski definition) is 3. The molecule has 2 N–H and O–H groups in total. The molecule has 2 saturated heterocycles. The molecule has 2 heterocycles. The van der Waals surface area contributed by atoms with Gasteiger partial charge in [0.15, 0.2) is 0 Å². The van der Waals surface area contributed by atoms with Gasteiger partial charge in [0.1, 0.15) is 6.04 Å². The topological polar surface area (TPSA) is 72.9 Å². The standard InChI is InChI=1S/C10H17N3O3/c14-9(15)8-2-1-5-13(8)10(16)12-6-3-11-4-7-12/h8,11H,1-7H2,(H,14,15)/t8-/m1/s1. The molecule has 0 saturated carbocycles. The zero-order valence-electron chi connectivity index (χ0n) is 9.19. The van der Waals surface area contributed by atoms with E-state index in [1.54, 1.807) is 4.90 Å². The summed E-state index contributed by atoms with van der Waals surface area (Å²) in [6, 6.07) is -0.742. The van der Waals surface area contributed by atoms with E-state index in [1.165, 1.54) is 4.90 Å². The zero-order chi connectivity index (χ0) is 11.5. The molecular weight excluding hydrogens is 210 g/mol. The highest BCUT2D eigenvalue weighted by Gasteiger charge is 2.36. The van der Waals surface area contributed by atoms with Crippen molar-refractivity contribution in [3.05, 3.63) is 0 Å². The molecule has 2 rings (SSSR count). The molecule has 2 amide bonds. The van der Waals surface area contributed by atoms with E-state index in [1.807, 2.05) is 0 Å². The quantitative estimate of drug-likeness (QED) is 0.637. The molecule has 2 aliphatic rings. The maximum Gasteiger partial charge on any atom is 0.326 e. The van der Waals surface area contributed by atoms with E-state index in [-0.39, 0.29) is 6.03 Å². The lowest BCUT2D eigenvalue weighted by atomic mass is 10.2. The van der Waals surface area contributed by atoms with Crippen LogP contribution in [0.4, 0.5) is 4.79 Å². The molecule has 6 heteroatoms. The summed E-state index contributed by atoms with van der Waals surface area (Å²) in [5, 5.41) is 12.2. The van der Waals surface area contributed by atoms with Crippen LogP contribution in [0.2, 0.25) is 0 Å². The van der Waals surface area contributed by atoms with Gasteiger partial charge in [-0.3, -0.25) is 0 Å². The fourth-order valence-electron chi connectivity index (χ4n) is 2.29. The lowest BCUT2D eigenvalue weighted by molar-refractivity contribution is -0.141. The minimum Gasteiger partial charge on any atom is -0.480 e. The fourth-order valence-corrected chi connectivity index (χ4v) is 2.29. The monoisotopic (exact) mass is 227 g/mol. The number of amides is 2. The number of nitrogens with zero attached hydrogens (tertiary/aromatic N) is 2. The number of rotatable bonds is 1. The third-order valence-electron chi connectivity index (χ3n) is 3.17. The van der Waals surface area contributed by atoms with Gasteiger partial charge in [-0.1, -0.05) is 0 Å². The molecule has 0 aliphatic carbocycles. The number of hydrogen-bond donors (Lipinski definition) is 2. The second-order valence-electron chi connectivity index (χ2n) is 4.21. The van der Waals surface area contributed by atoms with Crippen molar-refractivity contribution in [2.75, 3.05) is 32.7 Å². The van der Waals surface area contributed by atoms with Crippen LogP contribution in [-0.4, -0.2) is 65.7 Å². The first-order valence-electron chi connectivity index (χ1n) is 5.69. The highest BCUT2D eigenvalue weighted by Crippen LogP contribution is 2.19. The summed E-state index contributed by atoms with van der Waals surface area (Å²) in [4.78, 5) is 26.3. The lowest BCUT2D eigenvalue weighted by Crippen LogP contribution is -2.53. The van der Waals surface area contributed by atoms with Crippen molar-refractivity contribution in [2.24, 2.45) is 0 Å². The number of carbonyl (C=O) groups excluding carboxylic acids is 1. The first-order valence-corrected chi connectivity index (χ1v) is 5.69. The van der Waals surface area contributed by atoms with E-state index in [2.05, 4.69) is 5.32 Å². The van der Waals surface area contributed by atoms with E-state index in [0.717, 1.165) is 19.5 Å². The Balaban J connectivity index is 1.99. The molecule has 0 spiro atoms. The number of carboxylic acid groups (broad SMARTS) is 1. The smallest absolute Gasteiger partial charge is 0.326 e. The van der Waals surface area contributed by atoms with Crippen molar-refractivity contribution in [3.8, 4) is 0 Å². The third kappa shape index (κ3) is 2.11. The van der Waals surface area contributed by atoms with Crippen LogP contribution in [0.15, 0.2) is 0 Å². The van der Waals surface area contributed by atoms with Crippen molar-refractivity contribution in [1.82, 2.24) is 15.1 Å². The Hall–Kier alpha value is -1.30. The third-order valence-corrected chi connectivity index (χ3v) is 3.17. The Bertz CT molecular complexity index is 289. The molecule has 2 aliphatic heterocycles. The molecule has 0 radical (unpaired) electrons. The minimum absolute atomic E-state index is 0.119. The first-order chi connectivity index (χ1) is 7.70. The Kier molecular flexibility index (Phi) is 3.28. The molecule has 0 unspecified atom stereocenters. The Labute approximate surface area is 94.2 Å². The summed E-state index contributed by atoms with van der Waals surface area (Å²) < 4.78 is 0. The number of aliphatic carboxylic acids is 1. The number of likely N-dealkylation sites (tertiary alicyclic amines) is 1. The first kappa shape index (κ1) is 11.2. The SMILES string of the molecule is O=C(O)[C@H]1CCCN1C(=O)N1CCNCC1. The average Bonchev–Trinajstić information content (AvgIpc) is 2.78. The predicted octanol–water partition coefficient (Wildman–Crippen LogP) is -0.439. The number of nitrogens with one attached hydrogen (secondary N) is 1. The van der Waals surface area contributed by atoms with Crippen molar-refractivity contribution in [3.63, 3.8) is 0 Å². The average molecular weight is 227 g/mol. The number of urea groups is 1. The molecule has 0 aromatic heterocycles. The van der Waals surface area contributed by atoms with E-state index < -0.39 is 12.0 Å². The predicted molar refractivity (Wildman–Crippen MR) is 57.2 cm³/mol. The van der Waals surface area contributed by atoms with Gasteiger partial charge in [0, 0.05) is 32.7 Å². The molecule has 0 bridgehead atoms. The van der Waals surface area contributed by atoms with Crippen LogP contribution in [0, 0.1) is 0 Å². The maximum absolute atomic E-state index is 12.1. The summed E-state index contributed by atoms with van der Waals surface area (Å²) in [7, 11) is 0. The second-order valence-corrected chi connectivity index (χ2v) is 4.21. The van der Waals surface area contributed by atoms with E-state index in [9.17, 15) is 9.59 Å². The van der Waals surface area contributed by atoms with Crippen LogP contribution >= 0.6 is 0 Å². The molecule has 90 valence electrons. The van der Waals surface area contributed by atoms with Crippen molar-refractivity contribution < 1.29 is 14.7 Å². The van der Waals surface area contributed by atoms with Gasteiger partial charge in [-0.2, -0.15) is 0 Å². The summed E-state index contributed by atoms with van der Waals surface area (Å²) in [5.41, 5.74) is 0. The maximum atomic E-state index is 12.1. The van der Waals surface area contributed by atoms with Gasteiger partial charge in [0.05, 0.1) is 0 Å². The van der Waals surface area contributed by atoms with E-state index in [4.69, 9.17) is 5.11 Å². The van der Waals surface area contributed by atoms with E-state index in [0.29, 0.717) is 26.1 Å². The van der Waals surface area contributed by atoms with Crippen LogP contribution < -0.4 is 5.32 Å².